The molecule has 180 valence electrons. The number of carbonyl (C=O) groups excluding carboxylic acids is 2. The molecule has 2 rings (SSSR count). The highest BCUT2D eigenvalue weighted by Crippen LogP contribution is 2.33. The quantitative estimate of drug-likeness (QED) is 0.345. The van der Waals surface area contributed by atoms with Crippen molar-refractivity contribution in [3.63, 3.8) is 0 Å². The summed E-state index contributed by atoms with van der Waals surface area (Å²) in [5.41, 5.74) is -5.33. The van der Waals surface area contributed by atoms with Crippen molar-refractivity contribution in [2.45, 2.75) is 29.6 Å². The Morgan fingerprint density at radius 1 is 1.30 bits per heavy atom. The molecule has 14 heteroatoms. The largest absolute Gasteiger partial charge is 0.469 e. The molecule has 0 aliphatic rings. The van der Waals surface area contributed by atoms with Gasteiger partial charge in [0.1, 0.15) is 11.5 Å². The minimum absolute atomic E-state index is 0.107. The zero-order valence-corrected chi connectivity index (χ0v) is 18.6. The lowest BCUT2D eigenvalue weighted by molar-refractivity contribution is -0.144. The van der Waals surface area contributed by atoms with Crippen molar-refractivity contribution in [3.05, 3.63) is 55.6 Å². The number of benzene rings is 1. The number of rotatable bonds is 7. The Labute approximate surface area is 199 Å². The fourth-order valence-corrected chi connectivity index (χ4v) is 3.62. The number of aromatic nitrogens is 2. The van der Waals surface area contributed by atoms with Crippen LogP contribution < -0.4 is 16.6 Å². The van der Waals surface area contributed by atoms with Crippen LogP contribution in [0.15, 0.2) is 32.7 Å². The monoisotopic (exact) mass is 515 g/mol. The molecule has 33 heavy (non-hydrogen) atoms. The minimum Gasteiger partial charge on any atom is -0.469 e. The number of esters is 1. The fourth-order valence-electron chi connectivity index (χ4n) is 2.44. The predicted molar refractivity (Wildman–Crippen MR) is 112 cm³/mol. The van der Waals surface area contributed by atoms with E-state index in [0.29, 0.717) is 17.8 Å². The standard InChI is InChI=1S/C19H18ClF4N3O5S/c1-9(17(30)25-5-4-16(29)32-3)33-13-7-12(11(21)6-10(13)20)27-15(28)8-14(19(22,23)24)26(2)18(27)31/h6-9H,4-5H2,1-3H3,(H,25,30)/i4D2,5D2. The van der Waals surface area contributed by atoms with Crippen molar-refractivity contribution in [1.82, 2.24) is 14.5 Å². The van der Waals surface area contributed by atoms with Gasteiger partial charge in [-0.05, 0) is 19.1 Å². The summed E-state index contributed by atoms with van der Waals surface area (Å²) in [4.78, 5) is 48.8. The molecule has 1 unspecified atom stereocenters. The van der Waals surface area contributed by atoms with Gasteiger partial charge < -0.3 is 10.1 Å². The van der Waals surface area contributed by atoms with E-state index in [1.807, 2.05) is 0 Å². The maximum absolute atomic E-state index is 14.7. The van der Waals surface area contributed by atoms with Gasteiger partial charge >= 0.3 is 17.8 Å². The van der Waals surface area contributed by atoms with Crippen molar-refractivity contribution < 1.29 is 37.4 Å². The van der Waals surface area contributed by atoms with E-state index in [9.17, 15) is 36.7 Å². The van der Waals surface area contributed by atoms with E-state index in [-0.39, 0.29) is 25.1 Å². The number of hydrogen-bond donors (Lipinski definition) is 1. The van der Waals surface area contributed by atoms with Gasteiger partial charge in [0.2, 0.25) is 5.91 Å². The first kappa shape index (κ1) is 20.8. The van der Waals surface area contributed by atoms with Gasteiger partial charge in [-0.1, -0.05) is 11.6 Å². The van der Waals surface area contributed by atoms with Crippen LogP contribution in [-0.4, -0.2) is 39.9 Å². The molecule has 1 atom stereocenters. The van der Waals surface area contributed by atoms with Crippen LogP contribution in [0.4, 0.5) is 17.6 Å². The van der Waals surface area contributed by atoms with E-state index in [0.717, 1.165) is 20.2 Å². The highest BCUT2D eigenvalue weighted by Gasteiger charge is 2.35. The Morgan fingerprint density at radius 2 is 1.94 bits per heavy atom. The fraction of sp³-hybridized carbons (Fsp3) is 0.368. The summed E-state index contributed by atoms with van der Waals surface area (Å²) in [6, 6.07) is 1.60. The van der Waals surface area contributed by atoms with Gasteiger partial charge in [-0.15, -0.1) is 11.8 Å². The van der Waals surface area contributed by atoms with Crippen LogP contribution in [0.1, 0.15) is 24.5 Å². The molecule has 2 aromatic rings. The summed E-state index contributed by atoms with van der Waals surface area (Å²) in [5, 5.41) is 0.125. The molecule has 0 saturated carbocycles. The van der Waals surface area contributed by atoms with Crippen molar-refractivity contribution >= 4 is 35.2 Å². The Kier molecular flexibility index (Phi) is 6.56. The third-order valence-corrected chi connectivity index (χ3v) is 5.65. The molecule has 1 aromatic carbocycles. The normalized spacial score (nSPS) is 15.0. The number of nitrogens with one attached hydrogen (secondary N) is 1. The third-order valence-electron chi connectivity index (χ3n) is 4.06. The Balaban J connectivity index is 2.46. The number of ether oxygens (including phenoxy) is 1. The molecular formula is C19H18ClF4N3O5S. The lowest BCUT2D eigenvalue weighted by Gasteiger charge is -2.16. The maximum Gasteiger partial charge on any atom is 0.431 e. The minimum atomic E-state index is -5.04. The van der Waals surface area contributed by atoms with Gasteiger partial charge in [-0.2, -0.15) is 13.2 Å². The zero-order valence-electron chi connectivity index (χ0n) is 21.0. The number of methoxy groups -OCH3 is 1. The van der Waals surface area contributed by atoms with E-state index in [4.69, 9.17) is 17.1 Å². The number of nitrogens with zero attached hydrogens (tertiary/aromatic N) is 2. The third kappa shape index (κ3) is 6.16. The van der Waals surface area contributed by atoms with E-state index < -0.39 is 64.6 Å². The lowest BCUT2D eigenvalue weighted by atomic mass is 10.3. The number of carbonyl (C=O) groups is 2. The molecule has 0 saturated heterocycles. The van der Waals surface area contributed by atoms with Crippen LogP contribution in [0.5, 0.6) is 0 Å². The topological polar surface area (TPSA) is 99.4 Å². The smallest absolute Gasteiger partial charge is 0.431 e. The van der Waals surface area contributed by atoms with E-state index in [2.05, 4.69) is 4.74 Å². The van der Waals surface area contributed by atoms with Crippen molar-refractivity contribution in [3.8, 4) is 5.69 Å². The number of amides is 1. The van der Waals surface area contributed by atoms with Gasteiger partial charge in [0.15, 0.2) is 0 Å². The van der Waals surface area contributed by atoms with Gasteiger partial charge in [0, 0.05) is 30.0 Å². The van der Waals surface area contributed by atoms with Gasteiger partial charge in [-0.3, -0.25) is 19.0 Å². The van der Waals surface area contributed by atoms with Crippen LogP contribution >= 0.6 is 23.4 Å². The van der Waals surface area contributed by atoms with Crippen LogP contribution in [0.25, 0.3) is 5.69 Å². The van der Waals surface area contributed by atoms with E-state index >= 15 is 0 Å². The summed E-state index contributed by atoms with van der Waals surface area (Å²) in [6.45, 7) is -2.00. The van der Waals surface area contributed by atoms with Crippen molar-refractivity contribution in [2.75, 3.05) is 13.6 Å². The van der Waals surface area contributed by atoms with Crippen LogP contribution in [0.3, 0.4) is 0 Å². The summed E-state index contributed by atoms with van der Waals surface area (Å²) < 4.78 is 89.0. The van der Waals surface area contributed by atoms with Gasteiger partial charge in [0.25, 0.3) is 5.56 Å². The molecule has 8 nitrogen and oxygen atoms in total. The zero-order chi connectivity index (χ0) is 28.7. The summed E-state index contributed by atoms with van der Waals surface area (Å²) >= 11 is 6.56. The van der Waals surface area contributed by atoms with E-state index in [1.165, 1.54) is 6.92 Å². The lowest BCUT2D eigenvalue weighted by Crippen LogP contribution is -2.41. The van der Waals surface area contributed by atoms with Crippen LogP contribution in [0, 0.1) is 5.82 Å². The number of hydrogen-bond acceptors (Lipinski definition) is 6. The van der Waals surface area contributed by atoms with E-state index in [1.54, 1.807) is 5.32 Å². The molecular weight excluding hydrogens is 494 g/mol. The number of halogens is 5. The molecule has 1 heterocycles. The van der Waals surface area contributed by atoms with Crippen LogP contribution in [0.2, 0.25) is 5.02 Å². The number of thioether (sulfide) groups is 1. The Morgan fingerprint density at radius 3 is 2.52 bits per heavy atom. The second-order valence-corrected chi connectivity index (χ2v) is 8.06. The summed E-state index contributed by atoms with van der Waals surface area (Å²) in [6.07, 6.45) is -8.31. The molecule has 0 spiro atoms. The maximum atomic E-state index is 14.7. The van der Waals surface area contributed by atoms with Crippen LogP contribution in [-0.2, 0) is 27.5 Å². The molecule has 1 N–H and O–H groups in total. The second-order valence-electron chi connectivity index (χ2n) is 6.27. The van der Waals surface area contributed by atoms with Gasteiger partial charge in [-0.25, -0.2) is 13.8 Å². The average Bonchev–Trinajstić information content (AvgIpc) is 2.77. The molecule has 0 aliphatic carbocycles. The highest BCUT2D eigenvalue weighted by atomic mass is 35.5. The Bertz CT molecular complexity index is 1370. The first-order chi connectivity index (χ1) is 16.8. The molecule has 0 fully saturated rings. The number of alkyl halides is 3. The predicted octanol–water partition coefficient (Wildman–Crippen LogP) is 2.51. The van der Waals surface area contributed by atoms with Crippen molar-refractivity contribution in [2.24, 2.45) is 7.05 Å². The molecule has 0 radical (unpaired) electrons. The summed E-state index contributed by atoms with van der Waals surface area (Å²) in [5.74, 6) is -3.96. The molecule has 0 aliphatic heterocycles. The second kappa shape index (κ2) is 10.4. The highest BCUT2D eigenvalue weighted by molar-refractivity contribution is 8.00. The molecule has 0 bridgehead atoms. The molecule has 1 aromatic heterocycles. The first-order valence-electron chi connectivity index (χ1n) is 10.7. The Hall–Kier alpha value is -2.80. The van der Waals surface area contributed by atoms with Crippen molar-refractivity contribution in [1.29, 1.82) is 0 Å². The first-order valence-corrected chi connectivity index (χ1v) is 9.98. The SMILES string of the molecule is [2H]C([2H])(NC(=O)C(C)Sc1cc(-n2c(=O)cc(C(F)(F)F)n(C)c2=O)c(F)cc1Cl)C([2H])([2H])C(=O)OC. The molecule has 1 amide bonds. The average molecular weight is 516 g/mol. The van der Waals surface area contributed by atoms with Gasteiger partial charge in [0.05, 0.1) is 29.4 Å². The summed E-state index contributed by atoms with van der Waals surface area (Å²) in [7, 11) is 1.55.